The van der Waals surface area contributed by atoms with Gasteiger partial charge in [-0.25, -0.2) is 4.98 Å². The van der Waals surface area contributed by atoms with E-state index < -0.39 is 0 Å². The third-order valence-corrected chi connectivity index (χ3v) is 2.74. The second-order valence-corrected chi connectivity index (χ2v) is 3.99. The molecule has 1 heterocycles. The van der Waals surface area contributed by atoms with E-state index >= 15 is 0 Å². The van der Waals surface area contributed by atoms with Gasteiger partial charge in [-0.3, -0.25) is 0 Å². The van der Waals surface area contributed by atoms with Crippen LogP contribution in [-0.2, 0) is 6.54 Å². The van der Waals surface area contributed by atoms with Gasteiger partial charge >= 0.3 is 0 Å². The van der Waals surface area contributed by atoms with Crippen LogP contribution in [0, 0.1) is 0 Å². The molecule has 0 bridgehead atoms. The molecule has 5 heteroatoms. The fourth-order valence-electron chi connectivity index (χ4n) is 1.74. The van der Waals surface area contributed by atoms with Gasteiger partial charge in [0, 0.05) is 12.1 Å². The Morgan fingerprint density at radius 2 is 2.00 bits per heavy atom. The predicted octanol–water partition coefficient (Wildman–Crippen LogP) is 2.47. The number of hydrogen-bond donors (Lipinski definition) is 1. The molecule has 0 aliphatic rings. The SMILES string of the molecule is CCNCc1coc(-c2ccc(OC)c(OC)c2)n1. The van der Waals surface area contributed by atoms with Crippen molar-refractivity contribution < 1.29 is 13.9 Å². The van der Waals surface area contributed by atoms with Gasteiger partial charge in [-0.05, 0) is 24.7 Å². The molecule has 19 heavy (non-hydrogen) atoms. The van der Waals surface area contributed by atoms with E-state index in [1.165, 1.54) is 0 Å². The van der Waals surface area contributed by atoms with E-state index in [-0.39, 0.29) is 0 Å². The average Bonchev–Trinajstić information content (AvgIpc) is 2.93. The van der Waals surface area contributed by atoms with Gasteiger partial charge in [-0.15, -0.1) is 0 Å². The molecule has 0 fully saturated rings. The number of ether oxygens (including phenoxy) is 2. The summed E-state index contributed by atoms with van der Waals surface area (Å²) in [6, 6.07) is 5.58. The summed E-state index contributed by atoms with van der Waals surface area (Å²) in [5.74, 6) is 1.92. The number of nitrogens with one attached hydrogen (secondary N) is 1. The van der Waals surface area contributed by atoms with Gasteiger partial charge in [0.15, 0.2) is 11.5 Å². The van der Waals surface area contributed by atoms with Crippen LogP contribution in [-0.4, -0.2) is 25.7 Å². The first kappa shape index (κ1) is 13.4. The lowest BCUT2D eigenvalue weighted by Crippen LogP contribution is -2.11. The lowest BCUT2D eigenvalue weighted by Gasteiger charge is -2.07. The van der Waals surface area contributed by atoms with Crippen molar-refractivity contribution in [1.29, 1.82) is 0 Å². The van der Waals surface area contributed by atoms with E-state index in [1.54, 1.807) is 20.5 Å². The molecule has 1 N–H and O–H groups in total. The maximum Gasteiger partial charge on any atom is 0.226 e. The Hall–Kier alpha value is -2.01. The zero-order valence-electron chi connectivity index (χ0n) is 11.4. The summed E-state index contributed by atoms with van der Waals surface area (Å²) < 4.78 is 15.9. The smallest absolute Gasteiger partial charge is 0.226 e. The maximum atomic E-state index is 5.47. The molecule has 0 unspecified atom stereocenters. The molecule has 0 saturated heterocycles. The summed E-state index contributed by atoms with van der Waals surface area (Å²) in [5, 5.41) is 3.20. The maximum absolute atomic E-state index is 5.47. The zero-order chi connectivity index (χ0) is 13.7. The van der Waals surface area contributed by atoms with Gasteiger partial charge in [0.1, 0.15) is 6.26 Å². The first-order valence-corrected chi connectivity index (χ1v) is 6.16. The quantitative estimate of drug-likeness (QED) is 0.866. The van der Waals surface area contributed by atoms with Gasteiger partial charge < -0.3 is 19.2 Å². The normalized spacial score (nSPS) is 10.5. The first-order valence-electron chi connectivity index (χ1n) is 6.16. The number of rotatable bonds is 6. The second kappa shape index (κ2) is 6.24. The van der Waals surface area contributed by atoms with Crippen molar-refractivity contribution in [2.45, 2.75) is 13.5 Å². The predicted molar refractivity (Wildman–Crippen MR) is 72.4 cm³/mol. The van der Waals surface area contributed by atoms with Gasteiger partial charge in [0.2, 0.25) is 5.89 Å². The van der Waals surface area contributed by atoms with Crippen molar-refractivity contribution in [2.24, 2.45) is 0 Å². The van der Waals surface area contributed by atoms with Gasteiger partial charge in [-0.2, -0.15) is 0 Å². The highest BCUT2D eigenvalue weighted by molar-refractivity contribution is 5.60. The summed E-state index contributed by atoms with van der Waals surface area (Å²) in [5.41, 5.74) is 1.74. The molecule has 5 nitrogen and oxygen atoms in total. The fraction of sp³-hybridized carbons (Fsp3) is 0.357. The van der Waals surface area contributed by atoms with Gasteiger partial charge in [0.25, 0.3) is 0 Å². The zero-order valence-corrected chi connectivity index (χ0v) is 11.4. The Bertz CT molecular complexity index is 537. The Balaban J connectivity index is 2.23. The van der Waals surface area contributed by atoms with E-state index in [1.807, 2.05) is 18.2 Å². The van der Waals surface area contributed by atoms with Crippen molar-refractivity contribution in [3.63, 3.8) is 0 Å². The van der Waals surface area contributed by atoms with Crippen LogP contribution in [0.1, 0.15) is 12.6 Å². The van der Waals surface area contributed by atoms with E-state index in [4.69, 9.17) is 13.9 Å². The number of benzene rings is 1. The van der Waals surface area contributed by atoms with Crippen molar-refractivity contribution in [3.05, 3.63) is 30.2 Å². The molecule has 0 radical (unpaired) electrons. The number of methoxy groups -OCH3 is 2. The largest absolute Gasteiger partial charge is 0.493 e. The van der Waals surface area contributed by atoms with Crippen LogP contribution in [0.5, 0.6) is 11.5 Å². The molecule has 0 saturated carbocycles. The summed E-state index contributed by atoms with van der Waals surface area (Å²) in [4.78, 5) is 4.42. The number of nitrogens with zero attached hydrogens (tertiary/aromatic N) is 1. The highest BCUT2D eigenvalue weighted by atomic mass is 16.5. The molecule has 1 aromatic carbocycles. The number of aromatic nitrogens is 1. The van der Waals surface area contributed by atoms with Crippen molar-refractivity contribution in [1.82, 2.24) is 10.3 Å². The molecule has 0 aliphatic carbocycles. The van der Waals surface area contributed by atoms with E-state index in [0.717, 1.165) is 17.8 Å². The molecule has 0 atom stereocenters. The molecule has 102 valence electrons. The molecule has 2 aromatic rings. The third kappa shape index (κ3) is 3.06. The minimum Gasteiger partial charge on any atom is -0.493 e. The highest BCUT2D eigenvalue weighted by Gasteiger charge is 2.10. The molecular formula is C14H18N2O3. The van der Waals surface area contributed by atoms with Crippen LogP contribution in [0.25, 0.3) is 11.5 Å². The summed E-state index contributed by atoms with van der Waals surface area (Å²) in [6.07, 6.45) is 1.66. The summed E-state index contributed by atoms with van der Waals surface area (Å²) in [7, 11) is 3.21. The third-order valence-electron chi connectivity index (χ3n) is 2.74. The Labute approximate surface area is 112 Å². The minimum atomic E-state index is 0.578. The number of oxazole rings is 1. The molecule has 2 rings (SSSR count). The molecule has 0 aliphatic heterocycles. The van der Waals surface area contributed by atoms with Crippen LogP contribution in [0.2, 0.25) is 0 Å². The second-order valence-electron chi connectivity index (χ2n) is 3.99. The minimum absolute atomic E-state index is 0.578. The first-order chi connectivity index (χ1) is 9.28. The van der Waals surface area contributed by atoms with Crippen LogP contribution >= 0.6 is 0 Å². The van der Waals surface area contributed by atoms with Gasteiger partial charge in [-0.1, -0.05) is 6.92 Å². The lowest BCUT2D eigenvalue weighted by molar-refractivity contribution is 0.355. The van der Waals surface area contributed by atoms with Crippen LogP contribution in [0.4, 0.5) is 0 Å². The summed E-state index contributed by atoms with van der Waals surface area (Å²) >= 11 is 0. The summed E-state index contributed by atoms with van der Waals surface area (Å²) in [6.45, 7) is 3.65. The average molecular weight is 262 g/mol. The molecule has 0 spiro atoms. The standard InChI is InChI=1S/C14H18N2O3/c1-4-15-8-11-9-19-14(16-11)10-5-6-12(17-2)13(7-10)18-3/h5-7,9,15H,4,8H2,1-3H3. The monoisotopic (exact) mass is 262 g/mol. The van der Waals surface area contributed by atoms with Crippen molar-refractivity contribution in [3.8, 4) is 23.0 Å². The highest BCUT2D eigenvalue weighted by Crippen LogP contribution is 2.31. The van der Waals surface area contributed by atoms with Gasteiger partial charge in [0.05, 0.1) is 19.9 Å². The fourth-order valence-corrected chi connectivity index (χ4v) is 1.74. The van der Waals surface area contributed by atoms with E-state index in [2.05, 4.69) is 17.2 Å². The van der Waals surface area contributed by atoms with Crippen molar-refractivity contribution in [2.75, 3.05) is 20.8 Å². The number of hydrogen-bond acceptors (Lipinski definition) is 5. The Morgan fingerprint density at radius 3 is 2.68 bits per heavy atom. The topological polar surface area (TPSA) is 56.5 Å². The molecule has 1 aromatic heterocycles. The molecule has 0 amide bonds. The van der Waals surface area contributed by atoms with Crippen LogP contribution < -0.4 is 14.8 Å². The van der Waals surface area contributed by atoms with Crippen LogP contribution in [0.15, 0.2) is 28.9 Å². The van der Waals surface area contributed by atoms with E-state index in [9.17, 15) is 0 Å². The van der Waals surface area contributed by atoms with Crippen molar-refractivity contribution >= 4 is 0 Å². The molecular weight excluding hydrogens is 244 g/mol. The Morgan fingerprint density at radius 1 is 1.21 bits per heavy atom. The lowest BCUT2D eigenvalue weighted by atomic mass is 10.2. The van der Waals surface area contributed by atoms with Crippen LogP contribution in [0.3, 0.4) is 0 Å². The van der Waals surface area contributed by atoms with E-state index in [0.29, 0.717) is 23.9 Å². The Kier molecular flexibility index (Phi) is 4.41.